The van der Waals surface area contributed by atoms with Gasteiger partial charge in [0, 0.05) is 5.75 Å². The third-order valence-electron chi connectivity index (χ3n) is 4.37. The number of carboxylic acid groups (broad SMARTS) is 1. The molecule has 0 aliphatic carbocycles. The van der Waals surface area contributed by atoms with Gasteiger partial charge < -0.3 is 26.8 Å². The van der Waals surface area contributed by atoms with Crippen LogP contribution in [0, 0.1) is 11.8 Å². The summed E-state index contributed by atoms with van der Waals surface area (Å²) >= 11 is 4.05. The average Bonchev–Trinajstić information content (AvgIpc) is 2.61. The van der Waals surface area contributed by atoms with Crippen molar-refractivity contribution in [3.8, 4) is 0 Å². The van der Waals surface area contributed by atoms with Gasteiger partial charge in [-0.05, 0) is 18.8 Å². The smallest absolute Gasteiger partial charge is 0.326 e. The molecule has 27 heavy (non-hydrogen) atoms. The van der Waals surface area contributed by atoms with Crippen LogP contribution in [0.3, 0.4) is 0 Å². The second-order valence-corrected chi connectivity index (χ2v) is 7.32. The Bertz CT molecular complexity index is 543. The molecule has 0 aromatic carbocycles. The Labute approximate surface area is 165 Å². The van der Waals surface area contributed by atoms with Gasteiger partial charge in [0.2, 0.25) is 17.7 Å². The first-order valence-electron chi connectivity index (χ1n) is 8.96. The lowest BCUT2D eigenvalue weighted by Crippen LogP contribution is -2.57. The van der Waals surface area contributed by atoms with Crippen molar-refractivity contribution in [2.24, 2.45) is 17.6 Å². The maximum absolute atomic E-state index is 12.3. The number of carboxylic acids is 1. The Morgan fingerprint density at radius 2 is 1.52 bits per heavy atom. The summed E-state index contributed by atoms with van der Waals surface area (Å²) in [6.45, 7) is 8.53. The summed E-state index contributed by atoms with van der Waals surface area (Å²) in [4.78, 5) is 47.9. The van der Waals surface area contributed by atoms with Crippen molar-refractivity contribution >= 4 is 36.3 Å². The van der Waals surface area contributed by atoms with Crippen LogP contribution in [0.15, 0.2) is 0 Å². The second-order valence-electron chi connectivity index (χ2n) is 6.95. The Morgan fingerprint density at radius 1 is 0.963 bits per heavy atom. The molecule has 0 radical (unpaired) electrons. The molecule has 0 fully saturated rings. The lowest BCUT2D eigenvalue weighted by molar-refractivity contribution is -0.143. The molecule has 156 valence electrons. The van der Waals surface area contributed by atoms with Crippen LogP contribution in [0.4, 0.5) is 0 Å². The Hall–Kier alpha value is -1.81. The fourth-order valence-corrected chi connectivity index (χ4v) is 2.36. The molecule has 0 bridgehead atoms. The third kappa shape index (κ3) is 8.17. The van der Waals surface area contributed by atoms with E-state index in [4.69, 9.17) is 5.73 Å². The minimum atomic E-state index is -1.14. The average molecular weight is 405 g/mol. The van der Waals surface area contributed by atoms with Crippen LogP contribution in [0.1, 0.15) is 41.0 Å². The number of carbonyl (C=O) groups excluding carboxylic acids is 3. The summed E-state index contributed by atoms with van der Waals surface area (Å²) < 4.78 is 0. The molecule has 0 aliphatic rings. The van der Waals surface area contributed by atoms with E-state index in [-0.39, 0.29) is 17.6 Å². The molecule has 10 heteroatoms. The van der Waals surface area contributed by atoms with Gasteiger partial charge in [0.05, 0.1) is 6.04 Å². The molecule has 0 aromatic heterocycles. The van der Waals surface area contributed by atoms with Crippen LogP contribution in [-0.4, -0.2) is 58.7 Å². The van der Waals surface area contributed by atoms with Gasteiger partial charge >= 0.3 is 5.97 Å². The summed E-state index contributed by atoms with van der Waals surface area (Å²) in [5, 5.41) is 16.6. The molecular weight excluding hydrogens is 372 g/mol. The van der Waals surface area contributed by atoms with Crippen LogP contribution in [0.2, 0.25) is 0 Å². The fourth-order valence-electron chi connectivity index (χ4n) is 2.11. The number of amides is 3. The number of hydrogen-bond donors (Lipinski definition) is 6. The maximum atomic E-state index is 12.3. The van der Waals surface area contributed by atoms with Gasteiger partial charge in [-0.25, -0.2) is 4.79 Å². The van der Waals surface area contributed by atoms with Crippen molar-refractivity contribution in [3.63, 3.8) is 0 Å². The first-order valence-corrected chi connectivity index (χ1v) is 9.59. The summed E-state index contributed by atoms with van der Waals surface area (Å²) in [6.07, 6.45) is 0.571. The van der Waals surface area contributed by atoms with E-state index < -0.39 is 47.9 Å². The number of aliphatic carboxylic acids is 1. The molecule has 5 atom stereocenters. The molecular formula is C17H32N4O5S. The van der Waals surface area contributed by atoms with Gasteiger partial charge in [-0.15, -0.1) is 0 Å². The van der Waals surface area contributed by atoms with Crippen LogP contribution in [0.25, 0.3) is 0 Å². The minimum absolute atomic E-state index is 0.0152. The monoisotopic (exact) mass is 404 g/mol. The van der Waals surface area contributed by atoms with Crippen molar-refractivity contribution in [3.05, 3.63) is 0 Å². The summed E-state index contributed by atoms with van der Waals surface area (Å²) in [5.41, 5.74) is 5.75. The molecule has 5 unspecified atom stereocenters. The molecule has 0 saturated heterocycles. The molecule has 0 aliphatic heterocycles. The van der Waals surface area contributed by atoms with Crippen molar-refractivity contribution in [2.45, 2.75) is 65.2 Å². The Balaban J connectivity index is 4.87. The molecule has 0 rings (SSSR count). The number of nitrogens with one attached hydrogen (secondary N) is 3. The predicted molar refractivity (Wildman–Crippen MR) is 105 cm³/mol. The zero-order valence-corrected chi connectivity index (χ0v) is 17.4. The molecule has 3 amide bonds. The highest BCUT2D eigenvalue weighted by Gasteiger charge is 2.29. The zero-order chi connectivity index (χ0) is 21.3. The van der Waals surface area contributed by atoms with Crippen LogP contribution in [0.5, 0.6) is 0 Å². The van der Waals surface area contributed by atoms with Gasteiger partial charge in [0.15, 0.2) is 0 Å². The lowest BCUT2D eigenvalue weighted by Gasteiger charge is -2.24. The molecule has 9 nitrogen and oxygen atoms in total. The lowest BCUT2D eigenvalue weighted by atomic mass is 9.99. The molecule has 0 saturated carbocycles. The molecule has 6 N–H and O–H groups in total. The number of rotatable bonds is 11. The van der Waals surface area contributed by atoms with E-state index in [1.807, 2.05) is 6.92 Å². The minimum Gasteiger partial charge on any atom is -0.480 e. The highest BCUT2D eigenvalue weighted by molar-refractivity contribution is 7.80. The number of nitrogens with two attached hydrogens (primary N) is 1. The fraction of sp³-hybridized carbons (Fsp3) is 0.765. The van der Waals surface area contributed by atoms with Gasteiger partial charge in [-0.3, -0.25) is 14.4 Å². The van der Waals surface area contributed by atoms with E-state index in [0.717, 1.165) is 0 Å². The van der Waals surface area contributed by atoms with E-state index in [2.05, 4.69) is 28.6 Å². The van der Waals surface area contributed by atoms with Crippen molar-refractivity contribution in [1.29, 1.82) is 0 Å². The SMILES string of the molecule is CCC(C)C(NC(=O)C(C)NC(=O)C(CS)NC(=O)C(N)C(C)C)C(=O)O. The van der Waals surface area contributed by atoms with Crippen molar-refractivity contribution in [2.75, 3.05) is 5.75 Å². The maximum Gasteiger partial charge on any atom is 0.326 e. The quantitative estimate of drug-likeness (QED) is 0.256. The number of carbonyl (C=O) groups is 4. The molecule has 0 aromatic rings. The van der Waals surface area contributed by atoms with Crippen molar-refractivity contribution < 1.29 is 24.3 Å². The van der Waals surface area contributed by atoms with E-state index in [0.29, 0.717) is 6.42 Å². The summed E-state index contributed by atoms with van der Waals surface area (Å²) in [7, 11) is 0. The third-order valence-corrected chi connectivity index (χ3v) is 4.73. The van der Waals surface area contributed by atoms with E-state index in [1.54, 1.807) is 20.8 Å². The topological polar surface area (TPSA) is 151 Å². The van der Waals surface area contributed by atoms with E-state index >= 15 is 0 Å². The van der Waals surface area contributed by atoms with Crippen LogP contribution >= 0.6 is 12.6 Å². The van der Waals surface area contributed by atoms with Gasteiger partial charge in [0.25, 0.3) is 0 Å². The molecule has 0 heterocycles. The predicted octanol–water partition coefficient (Wildman–Crippen LogP) is -0.495. The Kier molecular flexibility index (Phi) is 11.0. The van der Waals surface area contributed by atoms with Gasteiger partial charge in [-0.1, -0.05) is 34.1 Å². The van der Waals surface area contributed by atoms with Crippen molar-refractivity contribution in [1.82, 2.24) is 16.0 Å². The Morgan fingerprint density at radius 3 is 1.93 bits per heavy atom. The second kappa shape index (κ2) is 11.8. The molecule has 0 spiro atoms. The normalized spacial score (nSPS) is 16.6. The van der Waals surface area contributed by atoms with Gasteiger partial charge in [0.1, 0.15) is 18.1 Å². The van der Waals surface area contributed by atoms with Crippen LogP contribution < -0.4 is 21.7 Å². The van der Waals surface area contributed by atoms with Crippen LogP contribution in [-0.2, 0) is 19.2 Å². The standard InChI is InChI=1S/C17H32N4O5S/c1-6-9(4)13(17(25)26)21-14(22)10(5)19-15(23)11(7-27)20-16(24)12(18)8(2)3/h8-13,27H,6-7,18H2,1-5H3,(H,19,23)(H,20,24)(H,21,22)(H,25,26). The first kappa shape index (κ1) is 25.2. The highest BCUT2D eigenvalue weighted by Crippen LogP contribution is 2.08. The summed E-state index contributed by atoms with van der Waals surface area (Å²) in [6, 6.07) is -3.77. The number of thiol groups is 1. The highest BCUT2D eigenvalue weighted by atomic mass is 32.1. The summed E-state index contributed by atoms with van der Waals surface area (Å²) in [5.74, 6) is -3.21. The van der Waals surface area contributed by atoms with E-state index in [9.17, 15) is 24.3 Å². The van der Waals surface area contributed by atoms with E-state index in [1.165, 1.54) is 6.92 Å². The number of hydrogen-bond acceptors (Lipinski definition) is 6. The zero-order valence-electron chi connectivity index (χ0n) is 16.5. The van der Waals surface area contributed by atoms with Gasteiger partial charge in [-0.2, -0.15) is 12.6 Å². The first-order chi connectivity index (χ1) is 12.5. The largest absolute Gasteiger partial charge is 0.480 e.